The third kappa shape index (κ3) is 4.37. The van der Waals surface area contributed by atoms with Gasteiger partial charge in [-0.2, -0.15) is 0 Å². The standard InChI is InChI=1S/C17H14BrNO7/c1-24-11-4-6-16(25-2)12(8-11)15(20)9-26-17(21)10-3-5-13(18)14(7-10)19(22)23/h3-8H,9H2,1-2H3. The molecule has 0 saturated heterocycles. The van der Waals surface area contributed by atoms with E-state index in [-0.39, 0.29) is 21.3 Å². The first-order valence-electron chi connectivity index (χ1n) is 7.23. The number of hydrogen-bond donors (Lipinski definition) is 0. The number of rotatable bonds is 7. The minimum Gasteiger partial charge on any atom is -0.497 e. The Kier molecular flexibility index (Phi) is 6.29. The van der Waals surface area contributed by atoms with Crippen LogP contribution in [0.4, 0.5) is 5.69 Å². The molecule has 0 bridgehead atoms. The second-order valence-corrected chi connectivity index (χ2v) is 5.84. The summed E-state index contributed by atoms with van der Waals surface area (Å²) in [6, 6.07) is 8.45. The number of nitro benzene ring substituents is 1. The molecule has 136 valence electrons. The number of esters is 1. The van der Waals surface area contributed by atoms with Crippen LogP contribution >= 0.6 is 15.9 Å². The van der Waals surface area contributed by atoms with E-state index in [2.05, 4.69) is 15.9 Å². The topological polar surface area (TPSA) is 105 Å². The predicted octanol–water partition coefficient (Wildman–Crippen LogP) is 3.41. The van der Waals surface area contributed by atoms with Crippen molar-refractivity contribution >= 4 is 33.4 Å². The Labute approximate surface area is 156 Å². The molecule has 0 aliphatic heterocycles. The second kappa shape index (κ2) is 8.43. The Balaban J connectivity index is 2.14. The summed E-state index contributed by atoms with van der Waals surface area (Å²) in [5.41, 5.74) is -0.119. The molecule has 0 aromatic heterocycles. The first kappa shape index (κ1) is 19.4. The average Bonchev–Trinajstić information content (AvgIpc) is 2.65. The van der Waals surface area contributed by atoms with Gasteiger partial charge in [-0.3, -0.25) is 14.9 Å². The predicted molar refractivity (Wildman–Crippen MR) is 95.0 cm³/mol. The number of Topliss-reactive ketones (excluding diaryl/α,β-unsaturated/α-hetero) is 1. The number of ether oxygens (including phenoxy) is 3. The van der Waals surface area contributed by atoms with Crippen molar-refractivity contribution in [3.63, 3.8) is 0 Å². The van der Waals surface area contributed by atoms with Gasteiger partial charge >= 0.3 is 5.97 Å². The Morgan fingerprint density at radius 2 is 1.85 bits per heavy atom. The summed E-state index contributed by atoms with van der Waals surface area (Å²) in [7, 11) is 2.86. The smallest absolute Gasteiger partial charge is 0.338 e. The lowest BCUT2D eigenvalue weighted by Gasteiger charge is -2.10. The Morgan fingerprint density at radius 3 is 2.46 bits per heavy atom. The average molecular weight is 424 g/mol. The number of ketones is 1. The molecule has 8 nitrogen and oxygen atoms in total. The molecule has 0 radical (unpaired) electrons. The van der Waals surface area contributed by atoms with E-state index in [1.165, 1.54) is 32.4 Å². The van der Waals surface area contributed by atoms with Crippen molar-refractivity contribution in [3.8, 4) is 11.5 Å². The van der Waals surface area contributed by atoms with Crippen LogP contribution < -0.4 is 9.47 Å². The number of hydrogen-bond acceptors (Lipinski definition) is 7. The van der Waals surface area contributed by atoms with Gasteiger partial charge < -0.3 is 14.2 Å². The molecule has 2 aromatic carbocycles. The third-order valence-corrected chi connectivity index (χ3v) is 4.09. The number of benzene rings is 2. The summed E-state index contributed by atoms with van der Waals surface area (Å²) < 4.78 is 15.4. The first-order valence-corrected chi connectivity index (χ1v) is 8.03. The Hall–Kier alpha value is -2.94. The van der Waals surface area contributed by atoms with Crippen LogP contribution in [0.25, 0.3) is 0 Å². The molecule has 0 fully saturated rings. The van der Waals surface area contributed by atoms with Crippen LogP contribution in [0.1, 0.15) is 20.7 Å². The zero-order chi connectivity index (χ0) is 19.3. The highest BCUT2D eigenvalue weighted by Crippen LogP contribution is 2.27. The summed E-state index contributed by atoms with van der Waals surface area (Å²) in [5.74, 6) is -0.591. The highest BCUT2D eigenvalue weighted by atomic mass is 79.9. The number of halogens is 1. The fourth-order valence-electron chi connectivity index (χ4n) is 2.10. The van der Waals surface area contributed by atoms with E-state index in [1.807, 2.05) is 0 Å². The molecular formula is C17H14BrNO7. The molecule has 0 N–H and O–H groups in total. The molecule has 0 unspecified atom stereocenters. The van der Waals surface area contributed by atoms with Crippen LogP contribution in [-0.2, 0) is 4.74 Å². The van der Waals surface area contributed by atoms with Crippen LogP contribution in [0, 0.1) is 10.1 Å². The molecule has 0 aliphatic rings. The van der Waals surface area contributed by atoms with Gasteiger partial charge in [0.2, 0.25) is 5.78 Å². The lowest BCUT2D eigenvalue weighted by molar-refractivity contribution is -0.385. The van der Waals surface area contributed by atoms with Crippen molar-refractivity contribution in [2.75, 3.05) is 20.8 Å². The van der Waals surface area contributed by atoms with E-state index in [0.29, 0.717) is 11.5 Å². The normalized spacial score (nSPS) is 10.1. The highest BCUT2D eigenvalue weighted by Gasteiger charge is 2.19. The second-order valence-electron chi connectivity index (χ2n) is 4.99. The zero-order valence-corrected chi connectivity index (χ0v) is 15.4. The van der Waals surface area contributed by atoms with Crippen molar-refractivity contribution in [1.29, 1.82) is 0 Å². The van der Waals surface area contributed by atoms with Gasteiger partial charge in [0.15, 0.2) is 6.61 Å². The fraction of sp³-hybridized carbons (Fsp3) is 0.176. The molecule has 2 rings (SSSR count). The van der Waals surface area contributed by atoms with Gasteiger partial charge in [-0.05, 0) is 46.3 Å². The quantitative estimate of drug-likeness (QED) is 0.290. The molecule has 0 saturated carbocycles. The highest BCUT2D eigenvalue weighted by molar-refractivity contribution is 9.10. The lowest BCUT2D eigenvalue weighted by Crippen LogP contribution is -2.15. The minimum atomic E-state index is -0.851. The Morgan fingerprint density at radius 1 is 1.12 bits per heavy atom. The van der Waals surface area contributed by atoms with Gasteiger partial charge in [0.1, 0.15) is 11.5 Å². The van der Waals surface area contributed by atoms with Gasteiger partial charge in [-0.1, -0.05) is 0 Å². The molecule has 9 heteroatoms. The number of methoxy groups -OCH3 is 2. The van der Waals surface area contributed by atoms with E-state index < -0.39 is 23.3 Å². The van der Waals surface area contributed by atoms with E-state index in [9.17, 15) is 19.7 Å². The van der Waals surface area contributed by atoms with Crippen molar-refractivity contribution < 1.29 is 28.7 Å². The minimum absolute atomic E-state index is 0.0368. The lowest BCUT2D eigenvalue weighted by atomic mass is 10.1. The number of carbonyl (C=O) groups excluding carboxylic acids is 2. The maximum atomic E-state index is 12.3. The van der Waals surface area contributed by atoms with Gasteiger partial charge in [0.25, 0.3) is 5.69 Å². The summed E-state index contributed by atoms with van der Waals surface area (Å²) >= 11 is 3.03. The van der Waals surface area contributed by atoms with E-state index in [4.69, 9.17) is 14.2 Å². The van der Waals surface area contributed by atoms with Gasteiger partial charge in [-0.25, -0.2) is 4.79 Å². The van der Waals surface area contributed by atoms with Crippen molar-refractivity contribution in [1.82, 2.24) is 0 Å². The largest absolute Gasteiger partial charge is 0.497 e. The van der Waals surface area contributed by atoms with Crippen molar-refractivity contribution in [2.24, 2.45) is 0 Å². The molecule has 2 aromatic rings. The van der Waals surface area contributed by atoms with Gasteiger partial charge in [0.05, 0.1) is 34.7 Å². The molecule has 0 amide bonds. The van der Waals surface area contributed by atoms with Crippen LogP contribution in [0.5, 0.6) is 11.5 Å². The maximum absolute atomic E-state index is 12.3. The van der Waals surface area contributed by atoms with Gasteiger partial charge in [-0.15, -0.1) is 0 Å². The zero-order valence-electron chi connectivity index (χ0n) is 13.9. The third-order valence-electron chi connectivity index (χ3n) is 3.42. The van der Waals surface area contributed by atoms with Crippen LogP contribution in [0.15, 0.2) is 40.9 Å². The number of carbonyl (C=O) groups is 2. The van der Waals surface area contributed by atoms with Crippen molar-refractivity contribution in [3.05, 3.63) is 62.1 Å². The van der Waals surface area contributed by atoms with Crippen LogP contribution in [0.3, 0.4) is 0 Å². The molecule has 0 spiro atoms. The number of nitrogens with zero attached hydrogens (tertiary/aromatic N) is 1. The molecular weight excluding hydrogens is 410 g/mol. The monoisotopic (exact) mass is 423 g/mol. The van der Waals surface area contributed by atoms with Crippen LogP contribution in [-0.4, -0.2) is 37.5 Å². The molecule has 0 aliphatic carbocycles. The van der Waals surface area contributed by atoms with E-state index in [0.717, 1.165) is 6.07 Å². The summed E-state index contributed by atoms with van der Waals surface area (Å²) in [6.07, 6.45) is 0. The first-order chi connectivity index (χ1) is 12.4. The maximum Gasteiger partial charge on any atom is 0.338 e. The van der Waals surface area contributed by atoms with Gasteiger partial charge in [0, 0.05) is 6.07 Å². The summed E-state index contributed by atoms with van der Waals surface area (Å²) in [4.78, 5) is 34.7. The fourth-order valence-corrected chi connectivity index (χ4v) is 2.50. The van der Waals surface area contributed by atoms with E-state index in [1.54, 1.807) is 12.1 Å². The number of nitro groups is 1. The molecule has 0 heterocycles. The SMILES string of the molecule is COc1ccc(OC)c(C(=O)COC(=O)c2ccc(Br)c([N+](=O)[O-])c2)c1. The summed E-state index contributed by atoms with van der Waals surface area (Å²) in [6.45, 7) is -0.549. The van der Waals surface area contributed by atoms with Crippen molar-refractivity contribution in [2.45, 2.75) is 0 Å². The molecule has 26 heavy (non-hydrogen) atoms. The Bertz CT molecular complexity index is 866. The van der Waals surface area contributed by atoms with Crippen LogP contribution in [0.2, 0.25) is 0 Å². The molecule has 0 atom stereocenters. The van der Waals surface area contributed by atoms with E-state index >= 15 is 0 Å². The summed E-state index contributed by atoms with van der Waals surface area (Å²) in [5, 5.41) is 10.9.